The molecule has 0 N–H and O–H groups in total. The summed E-state index contributed by atoms with van der Waals surface area (Å²) in [5.74, 6) is 0. The summed E-state index contributed by atoms with van der Waals surface area (Å²) >= 11 is 0. The standard InChI is InChI=1S/2C16H36N.H2O5S/c2*1-5-9-13-17(14-10-6-2,15-11-7-3)16-12-8-4;1-5-6(2,3)4/h2*5-16H2,1-4H3;1H,(H,2,3,4)/q2*+1;/p-2. The maximum Gasteiger partial charge on any atom is 0.208 e. The second-order valence-corrected chi connectivity index (χ2v) is 12.7. The van der Waals surface area contributed by atoms with Gasteiger partial charge in [0, 0.05) is 0 Å². The second-order valence-electron chi connectivity index (χ2n) is 11.8. The van der Waals surface area contributed by atoms with Crippen LogP contribution >= 0.6 is 0 Å². The highest BCUT2D eigenvalue weighted by atomic mass is 32.3. The highest BCUT2D eigenvalue weighted by Crippen LogP contribution is 2.17. The van der Waals surface area contributed by atoms with Crippen LogP contribution in [0.5, 0.6) is 0 Å². The molecular weight excluding hydrogens is 524 g/mol. The van der Waals surface area contributed by atoms with Gasteiger partial charge in [-0.25, -0.2) is 8.42 Å². The monoisotopic (exact) mass is 597 g/mol. The summed E-state index contributed by atoms with van der Waals surface area (Å²) < 4.78 is 31.7. The zero-order chi connectivity index (χ0) is 31.2. The zero-order valence-electron chi connectivity index (χ0n) is 28.3. The van der Waals surface area contributed by atoms with E-state index in [1.165, 1.54) is 164 Å². The van der Waals surface area contributed by atoms with E-state index in [9.17, 15) is 0 Å². The Balaban J connectivity index is -0.000000569. The van der Waals surface area contributed by atoms with Crippen LogP contribution in [0.1, 0.15) is 158 Å². The van der Waals surface area contributed by atoms with Crippen LogP contribution in [0.25, 0.3) is 0 Å². The first kappa shape index (κ1) is 44.2. The Morgan fingerprint density at radius 2 is 0.550 bits per heavy atom. The van der Waals surface area contributed by atoms with Crippen LogP contribution in [0.4, 0.5) is 0 Å². The summed E-state index contributed by atoms with van der Waals surface area (Å²) in [7, 11) is -4.97. The van der Waals surface area contributed by atoms with Crippen molar-refractivity contribution in [2.45, 2.75) is 158 Å². The van der Waals surface area contributed by atoms with Crippen molar-refractivity contribution in [3.8, 4) is 0 Å². The lowest BCUT2D eigenvalue weighted by Gasteiger charge is -2.39. The largest absolute Gasteiger partial charge is 0.726 e. The first-order valence-electron chi connectivity index (χ1n) is 17.0. The first-order chi connectivity index (χ1) is 19.0. The average Bonchev–Trinajstić information content (AvgIpc) is 2.96. The number of unbranched alkanes of at least 4 members (excludes halogenated alkanes) is 8. The highest BCUT2D eigenvalue weighted by molar-refractivity contribution is 7.80. The fourth-order valence-electron chi connectivity index (χ4n) is 5.29. The van der Waals surface area contributed by atoms with Gasteiger partial charge in [-0.1, -0.05) is 107 Å². The van der Waals surface area contributed by atoms with Crippen molar-refractivity contribution < 1.29 is 31.5 Å². The van der Waals surface area contributed by atoms with Gasteiger partial charge in [0.2, 0.25) is 10.4 Å². The molecule has 0 aliphatic rings. The molecule has 0 bridgehead atoms. The molecule has 7 nitrogen and oxygen atoms in total. The third-order valence-electron chi connectivity index (χ3n) is 7.97. The zero-order valence-corrected chi connectivity index (χ0v) is 29.1. The molecule has 0 fully saturated rings. The minimum absolute atomic E-state index is 1.35. The lowest BCUT2D eigenvalue weighted by atomic mass is 10.1. The Morgan fingerprint density at radius 3 is 0.625 bits per heavy atom. The Bertz CT molecular complexity index is 491. The Kier molecular flexibility index (Phi) is 33.4. The van der Waals surface area contributed by atoms with Crippen LogP contribution in [-0.4, -0.2) is 74.3 Å². The van der Waals surface area contributed by atoms with E-state index in [0.29, 0.717) is 0 Å². The molecule has 246 valence electrons. The molecular formula is C32H72N2O5S. The predicted molar refractivity (Wildman–Crippen MR) is 170 cm³/mol. The second kappa shape index (κ2) is 30.2. The summed E-state index contributed by atoms with van der Waals surface area (Å²) in [5.41, 5.74) is 0. The third kappa shape index (κ3) is 27.9. The van der Waals surface area contributed by atoms with Crippen LogP contribution in [0.3, 0.4) is 0 Å². The van der Waals surface area contributed by atoms with Gasteiger partial charge in [-0.2, -0.15) is 0 Å². The first-order valence-corrected chi connectivity index (χ1v) is 18.4. The van der Waals surface area contributed by atoms with Gasteiger partial charge in [0.25, 0.3) is 0 Å². The number of quaternary nitrogens is 2. The molecule has 0 atom stereocenters. The number of hydrogen-bond acceptors (Lipinski definition) is 5. The topological polar surface area (TPSA) is 89.5 Å². The molecule has 0 heterocycles. The molecule has 0 rings (SSSR count). The van der Waals surface area contributed by atoms with E-state index >= 15 is 0 Å². The van der Waals surface area contributed by atoms with Crippen molar-refractivity contribution >= 4 is 10.4 Å². The van der Waals surface area contributed by atoms with Crippen molar-refractivity contribution in [3.05, 3.63) is 0 Å². The average molecular weight is 597 g/mol. The van der Waals surface area contributed by atoms with E-state index < -0.39 is 10.4 Å². The molecule has 0 amide bonds. The Hall–Kier alpha value is -0.250. The molecule has 0 saturated heterocycles. The van der Waals surface area contributed by atoms with Crippen molar-refractivity contribution in [2.24, 2.45) is 0 Å². The fourth-order valence-corrected chi connectivity index (χ4v) is 5.29. The van der Waals surface area contributed by atoms with Crippen molar-refractivity contribution in [1.82, 2.24) is 0 Å². The van der Waals surface area contributed by atoms with Crippen LogP contribution in [0.15, 0.2) is 0 Å². The lowest BCUT2D eigenvalue weighted by molar-refractivity contribution is -0.929. The van der Waals surface area contributed by atoms with Crippen LogP contribution in [-0.2, 0) is 14.7 Å². The smallest absolute Gasteiger partial charge is 0.208 e. The molecule has 0 saturated carbocycles. The third-order valence-corrected chi connectivity index (χ3v) is 8.14. The van der Waals surface area contributed by atoms with Crippen molar-refractivity contribution in [3.63, 3.8) is 0 Å². The molecule has 40 heavy (non-hydrogen) atoms. The van der Waals surface area contributed by atoms with E-state index in [1.807, 2.05) is 0 Å². The van der Waals surface area contributed by atoms with E-state index in [0.717, 1.165) is 0 Å². The van der Waals surface area contributed by atoms with Gasteiger partial charge in [0.05, 0.1) is 52.4 Å². The van der Waals surface area contributed by atoms with E-state index in [4.69, 9.17) is 18.2 Å². The fraction of sp³-hybridized carbons (Fsp3) is 1.00. The predicted octanol–water partition coefficient (Wildman–Crippen LogP) is 7.75. The van der Waals surface area contributed by atoms with E-state index in [1.54, 1.807) is 0 Å². The summed E-state index contributed by atoms with van der Waals surface area (Å²) in [6.45, 7) is 30.0. The molecule has 8 heteroatoms. The SMILES string of the molecule is CCCC[N+](CCCC)(CCCC)CCCC.CCCC[N+](CCCC)(CCCC)CCCC.O=S(=O)([O-])O[O-]. The van der Waals surface area contributed by atoms with Gasteiger partial charge in [-0.15, -0.1) is 0 Å². The van der Waals surface area contributed by atoms with Gasteiger partial charge >= 0.3 is 0 Å². The summed E-state index contributed by atoms with van der Waals surface area (Å²) in [6, 6.07) is 0. The maximum absolute atomic E-state index is 8.91. The summed E-state index contributed by atoms with van der Waals surface area (Å²) in [4.78, 5) is 0. The van der Waals surface area contributed by atoms with Crippen molar-refractivity contribution in [2.75, 3.05) is 52.4 Å². The van der Waals surface area contributed by atoms with Gasteiger partial charge in [0.1, 0.15) is 0 Å². The van der Waals surface area contributed by atoms with Crippen molar-refractivity contribution in [1.29, 1.82) is 0 Å². The summed E-state index contributed by atoms with van der Waals surface area (Å²) in [6.07, 6.45) is 22.1. The molecule has 0 spiro atoms. The quantitative estimate of drug-likeness (QED) is 0.0353. The van der Waals surface area contributed by atoms with Crippen LogP contribution < -0.4 is 5.26 Å². The lowest BCUT2D eigenvalue weighted by Crippen LogP contribution is -2.50. The van der Waals surface area contributed by atoms with Crippen LogP contribution in [0.2, 0.25) is 0 Å². The van der Waals surface area contributed by atoms with E-state index in [2.05, 4.69) is 59.7 Å². The Morgan fingerprint density at radius 1 is 0.425 bits per heavy atom. The molecule has 0 aromatic carbocycles. The Labute approximate surface area is 252 Å². The molecule has 0 aliphatic carbocycles. The van der Waals surface area contributed by atoms with Gasteiger partial charge in [-0.3, -0.25) is 0 Å². The summed E-state index contributed by atoms with van der Waals surface area (Å²) in [5, 5.41) is 8.55. The van der Waals surface area contributed by atoms with Crippen LogP contribution in [0, 0.1) is 0 Å². The molecule has 0 aromatic rings. The van der Waals surface area contributed by atoms with Gasteiger partial charge in [0.15, 0.2) is 0 Å². The number of nitrogens with zero attached hydrogens (tertiary/aromatic N) is 2. The molecule has 0 radical (unpaired) electrons. The maximum atomic E-state index is 8.91. The molecule has 0 unspecified atom stereocenters. The molecule has 0 aromatic heterocycles. The molecule has 0 aliphatic heterocycles. The normalized spacial score (nSPS) is 11.9. The highest BCUT2D eigenvalue weighted by Gasteiger charge is 2.25. The van der Waals surface area contributed by atoms with Gasteiger partial charge in [-0.05, 0) is 51.4 Å². The number of hydrogen-bond donors (Lipinski definition) is 0. The number of rotatable bonds is 25. The minimum atomic E-state index is -4.97. The minimum Gasteiger partial charge on any atom is -0.726 e. The van der Waals surface area contributed by atoms with E-state index in [-0.39, 0.29) is 0 Å². The van der Waals surface area contributed by atoms with Gasteiger partial charge < -0.3 is 23.1 Å².